The first-order valence-corrected chi connectivity index (χ1v) is 9.59. The largest absolute Gasteiger partial charge is 0.314 e. The van der Waals surface area contributed by atoms with Crippen LogP contribution in [0.3, 0.4) is 0 Å². The van der Waals surface area contributed by atoms with E-state index in [9.17, 15) is 0 Å². The van der Waals surface area contributed by atoms with Crippen LogP contribution in [0.5, 0.6) is 0 Å². The minimum absolute atomic E-state index is 0. The van der Waals surface area contributed by atoms with Crippen LogP contribution in [-0.2, 0) is 0 Å². The van der Waals surface area contributed by atoms with Gasteiger partial charge in [0.25, 0.3) is 0 Å². The van der Waals surface area contributed by atoms with Gasteiger partial charge in [0.1, 0.15) is 0 Å². The predicted molar refractivity (Wildman–Crippen MR) is 127 cm³/mol. The number of nitrogens with zero attached hydrogens (tertiary/aromatic N) is 1. The zero-order valence-corrected chi connectivity index (χ0v) is 17.5. The fraction of sp³-hybridized carbons (Fsp3) is 0.250. The Hall–Kier alpha value is -1.84. The maximum absolute atomic E-state index is 4.04. The topological polar surface area (TPSA) is 15.3 Å². The summed E-state index contributed by atoms with van der Waals surface area (Å²) < 4.78 is 0. The van der Waals surface area contributed by atoms with Crippen molar-refractivity contribution in [3.8, 4) is 0 Å². The molecule has 0 spiro atoms. The number of hydrogen-bond acceptors (Lipinski definition) is 2. The van der Waals surface area contributed by atoms with Gasteiger partial charge in [0.15, 0.2) is 0 Å². The van der Waals surface area contributed by atoms with Gasteiger partial charge in [-0.3, -0.25) is 4.90 Å². The summed E-state index contributed by atoms with van der Waals surface area (Å²) in [6.07, 6.45) is 3.06. The summed E-state index contributed by atoms with van der Waals surface area (Å²) in [6.45, 7) is 8.37. The van der Waals surface area contributed by atoms with Crippen molar-refractivity contribution in [2.75, 3.05) is 26.2 Å². The van der Waals surface area contributed by atoms with E-state index in [1.807, 2.05) is 0 Å². The molecule has 0 amide bonds. The average molecular weight is 413 g/mol. The summed E-state index contributed by atoms with van der Waals surface area (Å²) in [7, 11) is 0. The molecule has 0 saturated carbocycles. The van der Waals surface area contributed by atoms with Crippen molar-refractivity contribution in [1.82, 2.24) is 10.2 Å². The van der Waals surface area contributed by atoms with Gasteiger partial charge in [0.2, 0.25) is 0 Å². The molecule has 0 unspecified atom stereocenters. The van der Waals surface area contributed by atoms with Crippen molar-refractivity contribution < 1.29 is 0 Å². The van der Waals surface area contributed by atoms with E-state index >= 15 is 0 Å². The normalized spacial score (nSPS) is 16.0. The Labute approximate surface area is 178 Å². The fourth-order valence-corrected chi connectivity index (χ4v) is 4.67. The Morgan fingerprint density at radius 3 is 2.14 bits per heavy atom. The highest BCUT2D eigenvalue weighted by Gasteiger charge is 2.23. The van der Waals surface area contributed by atoms with Gasteiger partial charge in [-0.15, -0.1) is 31.4 Å². The molecular weight excluding hydrogens is 387 g/mol. The summed E-state index contributed by atoms with van der Waals surface area (Å²) >= 11 is 0. The fourth-order valence-electron chi connectivity index (χ4n) is 4.67. The Morgan fingerprint density at radius 2 is 1.46 bits per heavy atom. The summed E-state index contributed by atoms with van der Waals surface area (Å²) in [6, 6.07) is 20.8. The molecule has 0 bridgehead atoms. The Balaban J connectivity index is 0.00000112. The molecule has 28 heavy (non-hydrogen) atoms. The van der Waals surface area contributed by atoms with E-state index < -0.39 is 0 Å². The SMILES string of the molecule is C=CC[C@@H](c1ccc2ccc3cccc4ccc1c2c34)N1CCNCC1.Cl.Cl. The summed E-state index contributed by atoms with van der Waals surface area (Å²) in [4.78, 5) is 2.62. The van der Waals surface area contributed by atoms with E-state index in [1.54, 1.807) is 0 Å². The van der Waals surface area contributed by atoms with E-state index in [0.29, 0.717) is 6.04 Å². The first-order valence-electron chi connectivity index (χ1n) is 9.59. The molecule has 1 aliphatic heterocycles. The second-order valence-electron chi connectivity index (χ2n) is 7.34. The lowest BCUT2D eigenvalue weighted by Gasteiger charge is -2.35. The van der Waals surface area contributed by atoms with Crippen LogP contribution in [0.4, 0.5) is 0 Å². The van der Waals surface area contributed by atoms with E-state index in [2.05, 4.69) is 77.5 Å². The van der Waals surface area contributed by atoms with E-state index in [1.165, 1.54) is 37.9 Å². The van der Waals surface area contributed by atoms with Crippen molar-refractivity contribution >= 4 is 57.1 Å². The van der Waals surface area contributed by atoms with E-state index in [4.69, 9.17) is 0 Å². The third-order valence-electron chi connectivity index (χ3n) is 5.90. The molecule has 1 N–H and O–H groups in total. The number of nitrogens with one attached hydrogen (secondary N) is 1. The van der Waals surface area contributed by atoms with Gasteiger partial charge in [-0.2, -0.15) is 0 Å². The third kappa shape index (κ3) is 3.35. The second kappa shape index (κ2) is 8.67. The van der Waals surface area contributed by atoms with Crippen molar-refractivity contribution in [3.05, 3.63) is 72.8 Å². The summed E-state index contributed by atoms with van der Waals surface area (Å²) in [5.41, 5.74) is 1.44. The standard InChI is InChI=1S/C24H24N2.2ClH/c1-2-4-22(26-15-13-25-14-16-26)20-11-9-19-8-7-17-5-3-6-18-10-12-21(20)24(19)23(17)18;;/h2-3,5-12,22,25H,1,4,13-16H2;2*1H/t22-;;/m0../s1. The Kier molecular flexibility index (Phi) is 6.47. The average Bonchev–Trinajstić information content (AvgIpc) is 2.71. The minimum Gasteiger partial charge on any atom is -0.314 e. The van der Waals surface area contributed by atoms with Gasteiger partial charge in [-0.1, -0.05) is 60.7 Å². The zero-order valence-electron chi connectivity index (χ0n) is 15.9. The first-order chi connectivity index (χ1) is 12.9. The predicted octanol–water partition coefficient (Wildman–Crippen LogP) is 5.95. The third-order valence-corrected chi connectivity index (χ3v) is 5.90. The molecule has 0 aliphatic carbocycles. The maximum Gasteiger partial charge on any atom is 0.0389 e. The number of benzene rings is 4. The lowest BCUT2D eigenvalue weighted by Crippen LogP contribution is -2.45. The molecule has 5 rings (SSSR count). The van der Waals surface area contributed by atoms with Crippen molar-refractivity contribution in [3.63, 3.8) is 0 Å². The van der Waals surface area contributed by atoms with Crippen LogP contribution in [0.15, 0.2) is 67.3 Å². The quantitative estimate of drug-likeness (QED) is 0.329. The smallest absolute Gasteiger partial charge is 0.0389 e. The molecule has 1 heterocycles. The van der Waals surface area contributed by atoms with E-state index in [0.717, 1.165) is 32.6 Å². The first kappa shape index (κ1) is 20.9. The molecule has 4 aromatic carbocycles. The van der Waals surface area contributed by atoms with Crippen LogP contribution >= 0.6 is 24.8 Å². The summed E-state index contributed by atoms with van der Waals surface area (Å²) in [5, 5.41) is 11.7. The second-order valence-corrected chi connectivity index (χ2v) is 7.34. The maximum atomic E-state index is 4.04. The Bertz CT molecular complexity index is 1070. The lowest BCUT2D eigenvalue weighted by atomic mass is 9.88. The molecule has 1 atom stereocenters. The van der Waals surface area contributed by atoms with Crippen LogP contribution < -0.4 is 5.32 Å². The van der Waals surface area contributed by atoms with Gasteiger partial charge >= 0.3 is 0 Å². The molecule has 4 aromatic rings. The highest BCUT2D eigenvalue weighted by Crippen LogP contribution is 2.39. The molecule has 0 aromatic heterocycles. The highest BCUT2D eigenvalue weighted by atomic mass is 35.5. The van der Waals surface area contributed by atoms with Crippen LogP contribution in [0, 0.1) is 0 Å². The monoisotopic (exact) mass is 412 g/mol. The molecule has 0 radical (unpaired) electrons. The number of halogens is 2. The minimum atomic E-state index is 0. The number of rotatable bonds is 4. The highest BCUT2D eigenvalue weighted by molar-refractivity contribution is 6.23. The van der Waals surface area contributed by atoms with Gasteiger partial charge in [-0.25, -0.2) is 0 Å². The van der Waals surface area contributed by atoms with Crippen molar-refractivity contribution in [2.45, 2.75) is 12.5 Å². The summed E-state index contributed by atoms with van der Waals surface area (Å²) in [5.74, 6) is 0. The Morgan fingerprint density at radius 1 is 0.857 bits per heavy atom. The molecule has 2 nitrogen and oxygen atoms in total. The zero-order chi connectivity index (χ0) is 17.5. The number of hydrogen-bond donors (Lipinski definition) is 1. The van der Waals surface area contributed by atoms with Gasteiger partial charge in [0, 0.05) is 32.2 Å². The van der Waals surface area contributed by atoms with E-state index in [-0.39, 0.29) is 24.8 Å². The van der Waals surface area contributed by atoms with Gasteiger partial charge < -0.3 is 5.32 Å². The van der Waals surface area contributed by atoms with Crippen molar-refractivity contribution in [1.29, 1.82) is 0 Å². The molecule has 4 heteroatoms. The van der Waals surface area contributed by atoms with Gasteiger partial charge in [0.05, 0.1) is 0 Å². The molecule has 1 aliphatic rings. The molecule has 1 saturated heterocycles. The van der Waals surface area contributed by atoms with Crippen molar-refractivity contribution in [2.24, 2.45) is 0 Å². The van der Waals surface area contributed by atoms with Crippen LogP contribution in [0.1, 0.15) is 18.0 Å². The van der Waals surface area contributed by atoms with Crippen LogP contribution in [-0.4, -0.2) is 31.1 Å². The molecule has 146 valence electrons. The van der Waals surface area contributed by atoms with Crippen LogP contribution in [0.2, 0.25) is 0 Å². The molecular formula is C24H26Cl2N2. The number of piperazine rings is 1. The van der Waals surface area contributed by atoms with Crippen LogP contribution in [0.25, 0.3) is 32.3 Å². The molecule has 1 fully saturated rings. The van der Waals surface area contributed by atoms with Gasteiger partial charge in [-0.05, 0) is 44.3 Å². The lowest BCUT2D eigenvalue weighted by molar-refractivity contribution is 0.175.